The van der Waals surface area contributed by atoms with E-state index < -0.39 is 4.92 Å². The molecule has 0 N–H and O–H groups in total. The molecule has 1 aromatic heterocycles. The van der Waals surface area contributed by atoms with Gasteiger partial charge in [0.25, 0.3) is 5.69 Å². The molecule has 4 rings (SSSR count). The molecule has 0 atom stereocenters. The number of nitro groups is 1. The fourth-order valence-corrected chi connectivity index (χ4v) is 3.03. The van der Waals surface area contributed by atoms with Crippen LogP contribution in [0, 0.1) is 17.0 Å². The molecule has 0 saturated carbocycles. The zero-order valence-corrected chi connectivity index (χ0v) is 15.8. The van der Waals surface area contributed by atoms with Gasteiger partial charge >= 0.3 is 0 Å². The maximum atomic E-state index is 11.2. The lowest BCUT2D eigenvalue weighted by atomic mass is 10.1. The molecule has 0 aliphatic rings. The van der Waals surface area contributed by atoms with Crippen LogP contribution in [0.15, 0.2) is 90.1 Å². The van der Waals surface area contributed by atoms with Crippen LogP contribution in [0.4, 0.5) is 11.4 Å². The highest BCUT2D eigenvalue weighted by Gasteiger charge is 2.12. The van der Waals surface area contributed by atoms with E-state index in [-0.39, 0.29) is 5.69 Å². The van der Waals surface area contributed by atoms with Gasteiger partial charge in [-0.3, -0.25) is 15.1 Å². The molecule has 0 aliphatic heterocycles. The third kappa shape index (κ3) is 3.96. The van der Waals surface area contributed by atoms with Crippen LogP contribution in [0.1, 0.15) is 11.1 Å². The molecule has 0 spiro atoms. The molecule has 3 aromatic carbocycles. The lowest BCUT2D eigenvalue weighted by Gasteiger charge is -2.00. The van der Waals surface area contributed by atoms with Gasteiger partial charge in [0.2, 0.25) is 0 Å². The van der Waals surface area contributed by atoms with Crippen LogP contribution in [-0.2, 0) is 0 Å². The summed E-state index contributed by atoms with van der Waals surface area (Å²) in [5.74, 6) is 0. The first-order valence-corrected chi connectivity index (χ1v) is 9.11. The molecule has 0 aliphatic carbocycles. The molecule has 1 heterocycles. The third-order valence-electron chi connectivity index (χ3n) is 4.55. The number of aromatic nitrogens is 2. The Labute approximate surface area is 167 Å². The second-order valence-corrected chi connectivity index (χ2v) is 6.57. The number of nitrogens with zero attached hydrogens (tertiary/aromatic N) is 4. The van der Waals surface area contributed by atoms with Crippen molar-refractivity contribution in [2.24, 2.45) is 4.99 Å². The van der Waals surface area contributed by atoms with E-state index in [1.54, 1.807) is 30.0 Å². The number of para-hydroxylation sites is 1. The molecule has 6 heteroatoms. The van der Waals surface area contributed by atoms with Crippen LogP contribution in [0.2, 0.25) is 0 Å². The zero-order chi connectivity index (χ0) is 20.2. The van der Waals surface area contributed by atoms with Crippen LogP contribution in [-0.4, -0.2) is 20.9 Å². The molecule has 0 saturated heterocycles. The van der Waals surface area contributed by atoms with Crippen LogP contribution in [0.5, 0.6) is 0 Å². The third-order valence-corrected chi connectivity index (χ3v) is 4.55. The molecule has 142 valence electrons. The Balaban J connectivity index is 1.76. The molecule has 0 fully saturated rings. The van der Waals surface area contributed by atoms with E-state index >= 15 is 0 Å². The number of nitro benzene ring substituents is 1. The summed E-state index contributed by atoms with van der Waals surface area (Å²) in [6, 6.07) is 24.6. The van der Waals surface area contributed by atoms with Gasteiger partial charge < -0.3 is 0 Å². The van der Waals surface area contributed by atoms with Crippen LogP contribution >= 0.6 is 0 Å². The number of rotatable bonds is 5. The van der Waals surface area contributed by atoms with Crippen molar-refractivity contribution in [3.05, 3.63) is 106 Å². The summed E-state index contributed by atoms with van der Waals surface area (Å²) < 4.78 is 1.81. The number of aliphatic imine (C=N–C) groups is 1. The van der Waals surface area contributed by atoms with Crippen molar-refractivity contribution in [1.29, 1.82) is 0 Å². The van der Waals surface area contributed by atoms with Crippen molar-refractivity contribution in [1.82, 2.24) is 9.78 Å². The molecule has 4 aromatic rings. The van der Waals surface area contributed by atoms with Crippen molar-refractivity contribution >= 4 is 17.6 Å². The summed E-state index contributed by atoms with van der Waals surface area (Å²) in [5.41, 5.74) is 4.71. The van der Waals surface area contributed by atoms with Gasteiger partial charge in [0.15, 0.2) is 0 Å². The maximum Gasteiger partial charge on any atom is 0.274 e. The average Bonchev–Trinajstić information content (AvgIpc) is 3.18. The molecular formula is C23H18N4O2. The van der Waals surface area contributed by atoms with Crippen LogP contribution in [0.25, 0.3) is 16.9 Å². The predicted octanol–water partition coefficient (Wildman–Crippen LogP) is 5.51. The maximum absolute atomic E-state index is 11.2. The van der Waals surface area contributed by atoms with Crippen molar-refractivity contribution in [2.45, 2.75) is 6.92 Å². The van der Waals surface area contributed by atoms with Gasteiger partial charge in [-0.1, -0.05) is 54.6 Å². The second-order valence-electron chi connectivity index (χ2n) is 6.57. The topological polar surface area (TPSA) is 73.3 Å². The predicted molar refractivity (Wildman–Crippen MR) is 114 cm³/mol. The standard InChI is InChI=1S/C23H18N4O2/c1-17-12-13-20(14-22(17)27(28)29)24-15-19-16-26(21-10-6-3-7-11-21)25-23(19)18-8-4-2-5-9-18/h2-16H,1H3. The number of aryl methyl sites for hydroxylation is 1. The SMILES string of the molecule is Cc1ccc(N=Cc2cn(-c3ccccc3)nc2-c2ccccc2)cc1[N+](=O)[O-]. The Morgan fingerprint density at radius 3 is 2.38 bits per heavy atom. The summed E-state index contributed by atoms with van der Waals surface area (Å²) in [5, 5.41) is 15.9. The highest BCUT2D eigenvalue weighted by atomic mass is 16.6. The van der Waals surface area contributed by atoms with Gasteiger partial charge in [-0.25, -0.2) is 4.68 Å². The Hall–Kier alpha value is -4.06. The van der Waals surface area contributed by atoms with Gasteiger partial charge in [-0.05, 0) is 25.1 Å². The Morgan fingerprint density at radius 2 is 1.69 bits per heavy atom. The van der Waals surface area contributed by atoms with Gasteiger partial charge in [-0.15, -0.1) is 0 Å². The summed E-state index contributed by atoms with van der Waals surface area (Å²) in [4.78, 5) is 15.3. The summed E-state index contributed by atoms with van der Waals surface area (Å²) in [6.45, 7) is 1.71. The minimum atomic E-state index is -0.392. The fourth-order valence-electron chi connectivity index (χ4n) is 3.03. The first kappa shape index (κ1) is 18.3. The highest BCUT2D eigenvalue weighted by molar-refractivity contribution is 5.90. The minimum absolute atomic E-state index is 0.0583. The minimum Gasteiger partial charge on any atom is -0.258 e. The average molecular weight is 382 g/mol. The first-order chi connectivity index (χ1) is 14.1. The summed E-state index contributed by atoms with van der Waals surface area (Å²) in [7, 11) is 0. The number of benzene rings is 3. The van der Waals surface area contributed by atoms with E-state index in [2.05, 4.69) is 4.99 Å². The monoisotopic (exact) mass is 382 g/mol. The zero-order valence-electron chi connectivity index (χ0n) is 15.8. The van der Waals surface area contributed by atoms with Gasteiger partial charge in [-0.2, -0.15) is 5.10 Å². The largest absolute Gasteiger partial charge is 0.274 e. The van der Waals surface area contributed by atoms with Crippen molar-refractivity contribution in [3.63, 3.8) is 0 Å². The van der Waals surface area contributed by atoms with E-state index in [4.69, 9.17) is 5.10 Å². The normalized spacial score (nSPS) is 11.1. The lowest BCUT2D eigenvalue weighted by Crippen LogP contribution is -1.93. The molecule has 29 heavy (non-hydrogen) atoms. The second kappa shape index (κ2) is 7.90. The molecule has 0 amide bonds. The Morgan fingerprint density at radius 1 is 1.00 bits per heavy atom. The Kier molecular flexibility index (Phi) is 4.99. The van der Waals surface area contributed by atoms with Gasteiger partial charge in [0, 0.05) is 35.2 Å². The Bertz CT molecular complexity index is 1180. The molecular weight excluding hydrogens is 364 g/mol. The summed E-state index contributed by atoms with van der Waals surface area (Å²) >= 11 is 0. The highest BCUT2D eigenvalue weighted by Crippen LogP contribution is 2.26. The molecule has 0 bridgehead atoms. The van der Waals surface area contributed by atoms with Crippen LogP contribution in [0.3, 0.4) is 0 Å². The van der Waals surface area contributed by atoms with E-state index in [1.807, 2.05) is 66.9 Å². The molecule has 6 nitrogen and oxygen atoms in total. The first-order valence-electron chi connectivity index (χ1n) is 9.11. The van der Waals surface area contributed by atoms with Gasteiger partial charge in [0.05, 0.1) is 16.3 Å². The fraction of sp³-hybridized carbons (Fsp3) is 0.0435. The molecule has 0 radical (unpaired) electrons. The van der Waals surface area contributed by atoms with E-state index in [1.165, 1.54) is 6.07 Å². The van der Waals surface area contributed by atoms with E-state index in [0.717, 1.165) is 22.5 Å². The van der Waals surface area contributed by atoms with E-state index in [0.29, 0.717) is 11.3 Å². The van der Waals surface area contributed by atoms with Crippen LogP contribution < -0.4 is 0 Å². The van der Waals surface area contributed by atoms with Crippen molar-refractivity contribution < 1.29 is 4.92 Å². The lowest BCUT2D eigenvalue weighted by molar-refractivity contribution is -0.385. The smallest absolute Gasteiger partial charge is 0.258 e. The van der Waals surface area contributed by atoms with Crippen molar-refractivity contribution in [2.75, 3.05) is 0 Å². The number of hydrogen-bond donors (Lipinski definition) is 0. The summed E-state index contributed by atoms with van der Waals surface area (Å²) in [6.07, 6.45) is 3.60. The quantitative estimate of drug-likeness (QED) is 0.260. The van der Waals surface area contributed by atoms with Gasteiger partial charge in [0.1, 0.15) is 5.69 Å². The van der Waals surface area contributed by atoms with Crippen molar-refractivity contribution in [3.8, 4) is 16.9 Å². The number of hydrogen-bond acceptors (Lipinski definition) is 4. The van der Waals surface area contributed by atoms with E-state index in [9.17, 15) is 10.1 Å². The molecule has 0 unspecified atom stereocenters.